The molecule has 0 bridgehead atoms. The fraction of sp³-hybridized carbons (Fsp3) is 0.125. The molecule has 0 fully saturated rings. The first-order valence-corrected chi connectivity index (χ1v) is 14.4. The van der Waals surface area contributed by atoms with Gasteiger partial charge in [0.2, 0.25) is 11.8 Å². The average Bonchev–Trinajstić information content (AvgIpc) is 3.59. The zero-order valence-electron chi connectivity index (χ0n) is 24.3. The van der Waals surface area contributed by atoms with Crippen molar-refractivity contribution in [3.8, 4) is 16.8 Å². The number of rotatable bonds is 12. The normalized spacial score (nSPS) is 11.6. The molecule has 14 heteroatoms. The number of tetrazole rings is 1. The molecular formula is C32H28ClN9O4. The number of ether oxygens (including phenoxy) is 1. The van der Waals surface area contributed by atoms with Gasteiger partial charge in [-0.25, -0.2) is 4.79 Å². The fourth-order valence-electron chi connectivity index (χ4n) is 4.46. The van der Waals surface area contributed by atoms with E-state index in [1.54, 1.807) is 54.7 Å². The zero-order chi connectivity index (χ0) is 32.3. The van der Waals surface area contributed by atoms with Gasteiger partial charge in [-0.3, -0.25) is 14.9 Å². The summed E-state index contributed by atoms with van der Waals surface area (Å²) in [5.74, 6) is -0.910. The molecule has 4 N–H and O–H groups in total. The lowest BCUT2D eigenvalue weighted by Crippen LogP contribution is -2.29. The Morgan fingerprint density at radius 2 is 1.78 bits per heavy atom. The SMILES string of the molecule is NC(=O)CCOC(=O)Nc1ccc(-c2cnnc(C(Cc3ccccc3)NC(=O)C=Cc3cc(Cl)ccc3-n3cnnn3)c2)cc1. The second-order valence-corrected chi connectivity index (χ2v) is 10.4. The molecule has 3 amide bonds. The molecule has 5 aromatic rings. The molecule has 0 aliphatic heterocycles. The predicted octanol–water partition coefficient (Wildman–Crippen LogP) is 4.31. The Labute approximate surface area is 268 Å². The highest BCUT2D eigenvalue weighted by Gasteiger charge is 2.18. The number of aromatic nitrogens is 6. The molecule has 232 valence electrons. The summed E-state index contributed by atoms with van der Waals surface area (Å²) in [5, 5.41) is 26.0. The number of hydrogen-bond acceptors (Lipinski definition) is 9. The average molecular weight is 638 g/mol. The van der Waals surface area contributed by atoms with Gasteiger partial charge >= 0.3 is 6.09 Å². The fourth-order valence-corrected chi connectivity index (χ4v) is 4.64. The molecule has 0 saturated heterocycles. The Hall–Kier alpha value is -5.95. The maximum absolute atomic E-state index is 13.3. The summed E-state index contributed by atoms with van der Waals surface area (Å²) in [6.07, 6.45) is 5.84. The lowest BCUT2D eigenvalue weighted by molar-refractivity contribution is -0.119. The molecule has 0 aliphatic carbocycles. The van der Waals surface area contributed by atoms with Gasteiger partial charge in [0, 0.05) is 27.9 Å². The van der Waals surface area contributed by atoms with Crippen molar-refractivity contribution in [1.29, 1.82) is 0 Å². The zero-order valence-corrected chi connectivity index (χ0v) is 25.0. The van der Waals surface area contributed by atoms with Crippen LogP contribution in [0.3, 0.4) is 0 Å². The molecule has 3 aromatic carbocycles. The Bertz CT molecular complexity index is 1830. The number of amides is 3. The van der Waals surface area contributed by atoms with E-state index in [4.69, 9.17) is 22.1 Å². The number of benzene rings is 3. The van der Waals surface area contributed by atoms with Crippen molar-refractivity contribution < 1.29 is 19.1 Å². The number of carbonyl (C=O) groups is 3. The molecule has 0 radical (unpaired) electrons. The molecule has 1 atom stereocenters. The predicted molar refractivity (Wildman–Crippen MR) is 170 cm³/mol. The quantitative estimate of drug-likeness (QED) is 0.168. The lowest BCUT2D eigenvalue weighted by atomic mass is 10.00. The van der Waals surface area contributed by atoms with Crippen LogP contribution in [-0.2, 0) is 20.7 Å². The Morgan fingerprint density at radius 3 is 2.52 bits per heavy atom. The van der Waals surface area contributed by atoms with Crippen LogP contribution >= 0.6 is 11.6 Å². The van der Waals surface area contributed by atoms with E-state index >= 15 is 0 Å². The van der Waals surface area contributed by atoms with Gasteiger partial charge in [0.05, 0.1) is 30.0 Å². The number of halogens is 1. The van der Waals surface area contributed by atoms with Gasteiger partial charge in [-0.05, 0) is 70.4 Å². The summed E-state index contributed by atoms with van der Waals surface area (Å²) in [6, 6.07) is 23.3. The van der Waals surface area contributed by atoms with Crippen LogP contribution in [0.4, 0.5) is 10.5 Å². The first-order valence-electron chi connectivity index (χ1n) is 14.0. The summed E-state index contributed by atoms with van der Waals surface area (Å²) in [5.41, 5.74) is 9.98. The highest BCUT2D eigenvalue weighted by Crippen LogP contribution is 2.25. The first-order chi connectivity index (χ1) is 22.3. The van der Waals surface area contributed by atoms with E-state index in [1.807, 2.05) is 36.4 Å². The van der Waals surface area contributed by atoms with Gasteiger partial charge in [0.15, 0.2) is 0 Å². The van der Waals surface area contributed by atoms with Crippen molar-refractivity contribution in [2.45, 2.75) is 18.9 Å². The Morgan fingerprint density at radius 1 is 0.978 bits per heavy atom. The van der Waals surface area contributed by atoms with E-state index in [0.29, 0.717) is 34.1 Å². The second-order valence-electron chi connectivity index (χ2n) is 9.97. The molecule has 2 aromatic heterocycles. The van der Waals surface area contributed by atoms with Gasteiger partial charge < -0.3 is 15.8 Å². The molecule has 46 heavy (non-hydrogen) atoms. The van der Waals surface area contributed by atoms with Crippen LogP contribution in [0.15, 0.2) is 97.5 Å². The minimum absolute atomic E-state index is 0.0590. The standard InChI is InChI=1S/C32H28ClN9O4/c33-25-9-12-29(42-20-36-40-41-42)23(17-25)8-13-31(44)38-27(16-21-4-2-1-3-5-21)28-18-24(19-35-39-28)22-6-10-26(11-7-22)37-32(45)46-15-14-30(34)43/h1-13,17-20,27H,14-16H2,(H2,34,43)(H,37,45)(H,38,44). The van der Waals surface area contributed by atoms with Crippen LogP contribution in [0.25, 0.3) is 22.9 Å². The highest BCUT2D eigenvalue weighted by molar-refractivity contribution is 6.30. The molecule has 13 nitrogen and oxygen atoms in total. The third-order valence-corrected chi connectivity index (χ3v) is 6.91. The third kappa shape index (κ3) is 8.80. The van der Waals surface area contributed by atoms with Crippen molar-refractivity contribution in [2.75, 3.05) is 11.9 Å². The van der Waals surface area contributed by atoms with Crippen molar-refractivity contribution in [1.82, 2.24) is 35.7 Å². The summed E-state index contributed by atoms with van der Waals surface area (Å²) >= 11 is 6.22. The lowest BCUT2D eigenvalue weighted by Gasteiger charge is -2.18. The van der Waals surface area contributed by atoms with Crippen LogP contribution in [0.5, 0.6) is 0 Å². The molecule has 2 heterocycles. The van der Waals surface area contributed by atoms with E-state index in [1.165, 1.54) is 17.1 Å². The van der Waals surface area contributed by atoms with Crippen LogP contribution in [0, 0.1) is 0 Å². The van der Waals surface area contributed by atoms with Gasteiger partial charge in [-0.15, -0.1) is 5.10 Å². The number of carbonyl (C=O) groups excluding carboxylic acids is 3. The monoisotopic (exact) mass is 637 g/mol. The first kappa shape index (κ1) is 31.5. The Balaban J connectivity index is 1.33. The van der Waals surface area contributed by atoms with Gasteiger partial charge in [0.1, 0.15) is 12.9 Å². The van der Waals surface area contributed by atoms with E-state index in [2.05, 4.69) is 36.4 Å². The molecule has 0 saturated carbocycles. The van der Waals surface area contributed by atoms with Gasteiger partial charge in [0.25, 0.3) is 0 Å². The molecule has 0 aliphatic rings. The molecular weight excluding hydrogens is 610 g/mol. The van der Waals surface area contributed by atoms with Crippen LogP contribution in [0.2, 0.25) is 5.02 Å². The summed E-state index contributed by atoms with van der Waals surface area (Å²) in [7, 11) is 0. The van der Waals surface area contributed by atoms with Crippen molar-refractivity contribution in [2.24, 2.45) is 5.73 Å². The van der Waals surface area contributed by atoms with E-state index in [-0.39, 0.29) is 18.9 Å². The number of nitrogens with two attached hydrogens (primary N) is 1. The van der Waals surface area contributed by atoms with Crippen LogP contribution < -0.4 is 16.4 Å². The Kier molecular flexibility index (Phi) is 10.4. The maximum Gasteiger partial charge on any atom is 0.411 e. The number of primary amides is 1. The molecule has 5 rings (SSSR count). The number of nitrogens with one attached hydrogen (secondary N) is 2. The minimum Gasteiger partial charge on any atom is -0.449 e. The number of nitrogens with zero attached hydrogens (tertiary/aromatic N) is 6. The largest absolute Gasteiger partial charge is 0.449 e. The molecule has 1 unspecified atom stereocenters. The summed E-state index contributed by atoms with van der Waals surface area (Å²) in [4.78, 5) is 36.0. The van der Waals surface area contributed by atoms with E-state index in [0.717, 1.165) is 16.7 Å². The summed E-state index contributed by atoms with van der Waals surface area (Å²) in [6.45, 7) is -0.108. The minimum atomic E-state index is -0.697. The number of hydrogen-bond donors (Lipinski definition) is 3. The van der Waals surface area contributed by atoms with E-state index < -0.39 is 18.0 Å². The van der Waals surface area contributed by atoms with Crippen molar-refractivity contribution >= 4 is 41.3 Å². The van der Waals surface area contributed by atoms with Crippen molar-refractivity contribution in [3.05, 3.63) is 119 Å². The second kappa shape index (κ2) is 15.2. The van der Waals surface area contributed by atoms with Gasteiger partial charge in [-0.1, -0.05) is 54.1 Å². The maximum atomic E-state index is 13.3. The third-order valence-electron chi connectivity index (χ3n) is 6.68. The number of anilines is 1. The topological polar surface area (TPSA) is 180 Å². The van der Waals surface area contributed by atoms with E-state index in [9.17, 15) is 14.4 Å². The van der Waals surface area contributed by atoms with Crippen LogP contribution in [0.1, 0.15) is 29.3 Å². The molecule has 0 spiro atoms. The summed E-state index contributed by atoms with van der Waals surface area (Å²) < 4.78 is 6.42. The van der Waals surface area contributed by atoms with Crippen molar-refractivity contribution in [3.63, 3.8) is 0 Å². The van der Waals surface area contributed by atoms with Gasteiger partial charge in [-0.2, -0.15) is 14.9 Å². The highest BCUT2D eigenvalue weighted by atomic mass is 35.5. The smallest absolute Gasteiger partial charge is 0.411 e. The van der Waals surface area contributed by atoms with Crippen LogP contribution in [-0.4, -0.2) is 54.9 Å².